The fraction of sp³-hybridized carbons (Fsp3) is 0.296. The van der Waals surface area contributed by atoms with Crippen molar-refractivity contribution in [3.05, 3.63) is 79.1 Å². The second kappa shape index (κ2) is 8.25. The molecule has 2 aromatic heterocycles. The first kappa shape index (κ1) is 21.4. The smallest absolute Gasteiger partial charge is 0.268 e. The molecule has 4 aromatic rings. The number of benzene rings is 2. The van der Waals surface area contributed by atoms with Gasteiger partial charge in [-0.1, -0.05) is 36.4 Å². The maximum absolute atomic E-state index is 13.4. The average molecular weight is 474 g/mol. The van der Waals surface area contributed by atoms with Crippen molar-refractivity contribution in [2.75, 3.05) is 13.1 Å². The molecule has 0 spiro atoms. The second-order valence-electron chi connectivity index (χ2n) is 9.26. The van der Waals surface area contributed by atoms with E-state index >= 15 is 0 Å². The third kappa shape index (κ3) is 3.51. The van der Waals surface area contributed by atoms with E-state index in [9.17, 15) is 8.42 Å². The molecular formula is C27H27N3O3S. The summed E-state index contributed by atoms with van der Waals surface area (Å²) in [7, 11) is -3.72. The molecule has 3 aliphatic heterocycles. The summed E-state index contributed by atoms with van der Waals surface area (Å²) in [5.74, 6) is 1.21. The van der Waals surface area contributed by atoms with Crippen LogP contribution in [0.5, 0.6) is 5.88 Å². The number of piperidine rings is 3. The first-order valence-corrected chi connectivity index (χ1v) is 13.2. The van der Waals surface area contributed by atoms with Gasteiger partial charge in [-0.2, -0.15) is 0 Å². The maximum atomic E-state index is 13.4. The number of hydrogen-bond donors (Lipinski definition) is 0. The number of pyridine rings is 1. The molecule has 2 bridgehead atoms. The third-order valence-electron chi connectivity index (χ3n) is 7.37. The van der Waals surface area contributed by atoms with E-state index in [0.717, 1.165) is 29.6 Å². The van der Waals surface area contributed by atoms with Crippen LogP contribution in [0, 0.1) is 5.92 Å². The Hall–Kier alpha value is -3.16. The topological polar surface area (TPSA) is 64.4 Å². The van der Waals surface area contributed by atoms with Crippen molar-refractivity contribution < 1.29 is 13.2 Å². The molecule has 0 aliphatic carbocycles. The van der Waals surface area contributed by atoms with Crippen molar-refractivity contribution in [1.29, 1.82) is 0 Å². The maximum Gasteiger partial charge on any atom is 0.268 e. The van der Waals surface area contributed by atoms with Crippen LogP contribution >= 0.6 is 0 Å². The van der Waals surface area contributed by atoms with Crippen molar-refractivity contribution in [3.8, 4) is 17.0 Å². The minimum atomic E-state index is -3.72. The fourth-order valence-corrected chi connectivity index (χ4v) is 6.88. The monoisotopic (exact) mass is 473 g/mol. The van der Waals surface area contributed by atoms with Gasteiger partial charge in [-0.05, 0) is 63.0 Å². The number of aromatic nitrogens is 2. The van der Waals surface area contributed by atoms with E-state index in [1.54, 1.807) is 36.7 Å². The highest BCUT2D eigenvalue weighted by atomic mass is 32.2. The van der Waals surface area contributed by atoms with Crippen molar-refractivity contribution in [3.63, 3.8) is 0 Å². The normalized spacial score (nSPS) is 24.4. The predicted octanol–water partition coefficient (Wildman–Crippen LogP) is 4.80. The lowest BCUT2D eigenvalue weighted by molar-refractivity contribution is -0.0525. The molecule has 34 heavy (non-hydrogen) atoms. The number of hydrogen-bond acceptors (Lipinski definition) is 5. The van der Waals surface area contributed by atoms with Gasteiger partial charge in [0.05, 0.1) is 10.4 Å². The molecule has 3 aliphatic rings. The molecule has 0 amide bonds. The van der Waals surface area contributed by atoms with Crippen molar-refractivity contribution in [1.82, 2.24) is 13.9 Å². The van der Waals surface area contributed by atoms with Gasteiger partial charge in [0.1, 0.15) is 6.10 Å². The molecule has 174 valence electrons. The minimum absolute atomic E-state index is 0.166. The van der Waals surface area contributed by atoms with E-state index < -0.39 is 10.0 Å². The van der Waals surface area contributed by atoms with E-state index in [2.05, 4.69) is 16.8 Å². The summed E-state index contributed by atoms with van der Waals surface area (Å²) in [4.78, 5) is 7.37. The molecule has 6 nitrogen and oxygen atoms in total. The Morgan fingerprint density at radius 3 is 2.38 bits per heavy atom. The summed E-state index contributed by atoms with van der Waals surface area (Å²) < 4.78 is 34.5. The Labute approximate surface area is 199 Å². The predicted molar refractivity (Wildman–Crippen MR) is 132 cm³/mol. The standard InChI is InChI=1S/C27H27N3O3S/c1-19-27(20-13-15-29(19)16-14-20)33-26-12-11-21(17-28-26)24-18-30(25-10-6-5-9-23(24)25)34(31,32)22-7-3-2-4-8-22/h2-12,17-20,27H,13-16H2,1H3. The van der Waals surface area contributed by atoms with Crippen LogP contribution in [-0.4, -0.2) is 47.5 Å². The van der Waals surface area contributed by atoms with Gasteiger partial charge in [0.2, 0.25) is 5.88 Å². The van der Waals surface area contributed by atoms with Crippen molar-refractivity contribution >= 4 is 20.9 Å². The highest BCUT2D eigenvalue weighted by molar-refractivity contribution is 7.90. The van der Waals surface area contributed by atoms with E-state index in [1.165, 1.54) is 16.8 Å². The first-order chi connectivity index (χ1) is 16.5. The molecule has 0 radical (unpaired) electrons. The lowest BCUT2D eigenvalue weighted by Crippen LogP contribution is -2.58. The van der Waals surface area contributed by atoms with Gasteiger partial charge in [0.25, 0.3) is 10.0 Å². The summed E-state index contributed by atoms with van der Waals surface area (Å²) in [5.41, 5.74) is 2.32. The van der Waals surface area contributed by atoms with Crippen LogP contribution in [-0.2, 0) is 10.0 Å². The first-order valence-electron chi connectivity index (χ1n) is 11.8. The van der Waals surface area contributed by atoms with Gasteiger partial charge in [-0.15, -0.1) is 0 Å². The van der Waals surface area contributed by atoms with Crippen LogP contribution in [0.2, 0.25) is 0 Å². The Balaban J connectivity index is 1.34. The minimum Gasteiger partial charge on any atom is -0.472 e. The van der Waals surface area contributed by atoms with Crippen LogP contribution in [0.25, 0.3) is 22.0 Å². The van der Waals surface area contributed by atoms with Gasteiger partial charge < -0.3 is 4.74 Å². The number of ether oxygens (including phenoxy) is 1. The lowest BCUT2D eigenvalue weighted by atomic mass is 9.81. The van der Waals surface area contributed by atoms with Gasteiger partial charge >= 0.3 is 0 Å². The Morgan fingerprint density at radius 2 is 1.68 bits per heavy atom. The summed E-state index contributed by atoms with van der Waals surface area (Å²) >= 11 is 0. The van der Waals surface area contributed by atoms with Gasteiger partial charge in [0.15, 0.2) is 0 Å². The van der Waals surface area contributed by atoms with E-state index in [4.69, 9.17) is 4.74 Å². The highest BCUT2D eigenvalue weighted by Crippen LogP contribution is 2.36. The average Bonchev–Trinajstić information content (AvgIpc) is 3.28. The van der Waals surface area contributed by atoms with E-state index in [-0.39, 0.29) is 11.0 Å². The molecule has 5 heterocycles. The van der Waals surface area contributed by atoms with Crippen LogP contribution in [0.4, 0.5) is 0 Å². The fourth-order valence-electron chi connectivity index (χ4n) is 5.49. The summed E-state index contributed by atoms with van der Waals surface area (Å²) in [6.07, 6.45) is 6.01. The largest absolute Gasteiger partial charge is 0.472 e. The molecule has 0 saturated carbocycles. The summed E-state index contributed by atoms with van der Waals surface area (Å²) in [6, 6.07) is 20.3. The van der Waals surface area contributed by atoms with Crippen molar-refractivity contribution in [2.45, 2.75) is 36.8 Å². The number of nitrogens with zero attached hydrogens (tertiary/aromatic N) is 3. The van der Waals surface area contributed by atoms with E-state index in [0.29, 0.717) is 23.4 Å². The summed E-state index contributed by atoms with van der Waals surface area (Å²) in [6.45, 7) is 4.56. The molecule has 0 N–H and O–H groups in total. The molecule has 2 aromatic carbocycles. The SMILES string of the molecule is CC1C(Oc2ccc(-c3cn(S(=O)(=O)c4ccccc4)c4ccccc34)cn2)C2CCN1CC2. The van der Waals surface area contributed by atoms with Crippen LogP contribution in [0.3, 0.4) is 0 Å². The van der Waals surface area contributed by atoms with Gasteiger partial charge in [-0.25, -0.2) is 17.4 Å². The molecule has 2 atom stereocenters. The van der Waals surface area contributed by atoms with Crippen LogP contribution < -0.4 is 4.74 Å². The third-order valence-corrected chi connectivity index (χ3v) is 9.06. The second-order valence-corrected chi connectivity index (χ2v) is 11.1. The quantitative estimate of drug-likeness (QED) is 0.417. The molecule has 7 heteroatoms. The van der Waals surface area contributed by atoms with Gasteiger partial charge in [-0.3, -0.25) is 4.90 Å². The Morgan fingerprint density at radius 1 is 0.941 bits per heavy atom. The van der Waals surface area contributed by atoms with Crippen molar-refractivity contribution in [2.24, 2.45) is 5.92 Å². The highest BCUT2D eigenvalue weighted by Gasteiger charge is 2.41. The molecular weight excluding hydrogens is 446 g/mol. The number of para-hydroxylation sites is 1. The lowest BCUT2D eigenvalue weighted by Gasteiger charge is -2.49. The van der Waals surface area contributed by atoms with Crippen LogP contribution in [0.15, 0.2) is 84.0 Å². The van der Waals surface area contributed by atoms with Gasteiger partial charge in [0, 0.05) is 41.0 Å². The molecule has 3 fully saturated rings. The zero-order valence-electron chi connectivity index (χ0n) is 19.0. The Bertz CT molecular complexity index is 1420. The number of fused-ring (bicyclic) bond motifs is 4. The number of rotatable bonds is 5. The van der Waals surface area contributed by atoms with Crippen LogP contribution in [0.1, 0.15) is 19.8 Å². The van der Waals surface area contributed by atoms with E-state index in [1.807, 2.05) is 42.5 Å². The zero-order valence-corrected chi connectivity index (χ0v) is 19.9. The molecule has 2 unspecified atom stereocenters. The Kier molecular flexibility index (Phi) is 5.19. The summed E-state index contributed by atoms with van der Waals surface area (Å²) in [5, 5.41) is 0.864. The zero-order chi connectivity index (χ0) is 23.3. The molecule has 3 saturated heterocycles. The molecule has 7 rings (SSSR count).